The number of amides is 1. The zero-order valence-electron chi connectivity index (χ0n) is 13.6. The van der Waals surface area contributed by atoms with Crippen LogP contribution in [0, 0.1) is 0 Å². The molecule has 7 nitrogen and oxygen atoms in total. The molecule has 4 aromatic rings. The third kappa shape index (κ3) is 3.40. The Bertz CT molecular complexity index is 1040. The summed E-state index contributed by atoms with van der Waals surface area (Å²) >= 11 is 1.28. The van der Waals surface area contributed by atoms with Crippen molar-refractivity contribution >= 4 is 34.1 Å². The van der Waals surface area contributed by atoms with Crippen LogP contribution in [-0.2, 0) is 4.79 Å². The van der Waals surface area contributed by atoms with E-state index in [0.29, 0.717) is 10.8 Å². The minimum atomic E-state index is -0.131. The van der Waals surface area contributed by atoms with Crippen molar-refractivity contribution in [3.05, 3.63) is 67.0 Å². The van der Waals surface area contributed by atoms with Crippen molar-refractivity contribution < 1.29 is 4.79 Å². The molecule has 0 saturated heterocycles. The number of anilines is 1. The summed E-state index contributed by atoms with van der Waals surface area (Å²) in [5.74, 6) is 0.0710. The lowest BCUT2D eigenvalue weighted by Gasteiger charge is -2.08. The molecular formula is C18H14N6OS. The van der Waals surface area contributed by atoms with Crippen molar-refractivity contribution in [1.29, 1.82) is 0 Å². The van der Waals surface area contributed by atoms with E-state index in [0.717, 1.165) is 16.5 Å². The van der Waals surface area contributed by atoms with E-state index in [1.54, 1.807) is 29.2 Å². The Morgan fingerprint density at radius 3 is 2.73 bits per heavy atom. The second-order valence-corrected chi connectivity index (χ2v) is 6.39. The number of thioether (sulfide) groups is 1. The van der Waals surface area contributed by atoms with Crippen molar-refractivity contribution in [3.8, 4) is 5.69 Å². The molecule has 1 amide bonds. The number of fused-ring (bicyclic) bond motifs is 1. The minimum absolute atomic E-state index is 0.131. The first-order valence-corrected chi connectivity index (χ1v) is 8.89. The number of carbonyl (C=O) groups is 1. The van der Waals surface area contributed by atoms with Gasteiger partial charge in [-0.05, 0) is 34.0 Å². The van der Waals surface area contributed by atoms with Crippen molar-refractivity contribution in [2.75, 3.05) is 11.1 Å². The lowest BCUT2D eigenvalue weighted by Crippen LogP contribution is -2.14. The van der Waals surface area contributed by atoms with Gasteiger partial charge >= 0.3 is 0 Å². The van der Waals surface area contributed by atoms with Gasteiger partial charge in [0, 0.05) is 23.5 Å². The maximum absolute atomic E-state index is 12.1. The lowest BCUT2D eigenvalue weighted by molar-refractivity contribution is -0.113. The highest BCUT2D eigenvalue weighted by Crippen LogP contribution is 2.25. The Hall–Kier alpha value is -3.26. The molecule has 0 aliphatic heterocycles. The maximum atomic E-state index is 12.1. The van der Waals surface area contributed by atoms with E-state index >= 15 is 0 Å². The molecule has 4 rings (SSSR count). The highest BCUT2D eigenvalue weighted by Gasteiger charge is 2.13. The Morgan fingerprint density at radius 2 is 1.85 bits per heavy atom. The largest absolute Gasteiger partial charge is 0.325 e. The number of aromatic nitrogens is 5. The Morgan fingerprint density at radius 1 is 1.04 bits per heavy atom. The van der Waals surface area contributed by atoms with Crippen LogP contribution in [0.25, 0.3) is 16.5 Å². The number of pyridine rings is 1. The highest BCUT2D eigenvalue weighted by molar-refractivity contribution is 7.99. The fraction of sp³-hybridized carbons (Fsp3) is 0.0556. The van der Waals surface area contributed by atoms with E-state index in [2.05, 4.69) is 25.8 Å². The highest BCUT2D eigenvalue weighted by atomic mass is 32.2. The van der Waals surface area contributed by atoms with E-state index in [9.17, 15) is 4.79 Å². The SMILES string of the molecule is O=C(CSc1nnnn1-c1cccc2ccccc12)Nc1ccncc1. The van der Waals surface area contributed by atoms with Gasteiger partial charge in [-0.25, -0.2) is 0 Å². The average molecular weight is 362 g/mol. The molecule has 0 atom stereocenters. The van der Waals surface area contributed by atoms with Crippen LogP contribution in [0.15, 0.2) is 72.1 Å². The molecule has 8 heteroatoms. The predicted molar refractivity (Wildman–Crippen MR) is 100 cm³/mol. The molecule has 1 N–H and O–H groups in total. The van der Waals surface area contributed by atoms with Crippen molar-refractivity contribution in [1.82, 2.24) is 25.2 Å². The van der Waals surface area contributed by atoms with Gasteiger partial charge in [0.25, 0.3) is 0 Å². The smallest absolute Gasteiger partial charge is 0.234 e. The first kappa shape index (κ1) is 16.2. The standard InChI is InChI=1S/C18H14N6OS/c25-17(20-14-8-10-19-11-9-14)12-26-18-21-22-23-24(18)16-7-3-5-13-4-1-2-6-15(13)16/h1-11H,12H2,(H,19,20,25). The van der Waals surface area contributed by atoms with Crippen LogP contribution in [0.3, 0.4) is 0 Å². The van der Waals surface area contributed by atoms with Gasteiger partial charge in [0.1, 0.15) is 0 Å². The van der Waals surface area contributed by atoms with Crippen LogP contribution in [0.2, 0.25) is 0 Å². The first-order valence-electron chi connectivity index (χ1n) is 7.90. The second kappa shape index (κ2) is 7.32. The maximum Gasteiger partial charge on any atom is 0.234 e. The Labute approximate surface area is 153 Å². The van der Waals surface area contributed by atoms with Crippen molar-refractivity contribution in [2.24, 2.45) is 0 Å². The molecule has 0 aliphatic rings. The van der Waals surface area contributed by atoms with Gasteiger partial charge in [0.15, 0.2) is 0 Å². The summed E-state index contributed by atoms with van der Waals surface area (Å²) in [4.78, 5) is 16.1. The molecule has 2 heterocycles. The summed E-state index contributed by atoms with van der Waals surface area (Å²) < 4.78 is 1.66. The summed E-state index contributed by atoms with van der Waals surface area (Å²) in [6.07, 6.45) is 3.26. The zero-order chi connectivity index (χ0) is 17.8. The minimum Gasteiger partial charge on any atom is -0.325 e. The number of carbonyl (C=O) groups excluding carboxylic acids is 1. The number of hydrogen-bond acceptors (Lipinski definition) is 6. The van der Waals surface area contributed by atoms with Crippen LogP contribution < -0.4 is 5.32 Å². The van der Waals surface area contributed by atoms with Gasteiger partial charge in [-0.15, -0.1) is 5.10 Å². The van der Waals surface area contributed by atoms with Gasteiger partial charge in [-0.3, -0.25) is 9.78 Å². The molecule has 0 unspecified atom stereocenters. The fourth-order valence-corrected chi connectivity index (χ4v) is 3.26. The van der Waals surface area contributed by atoms with Crippen LogP contribution in [-0.4, -0.2) is 36.9 Å². The van der Waals surface area contributed by atoms with Crippen LogP contribution >= 0.6 is 11.8 Å². The van der Waals surface area contributed by atoms with Gasteiger partial charge in [0.2, 0.25) is 11.1 Å². The van der Waals surface area contributed by atoms with E-state index in [-0.39, 0.29) is 11.7 Å². The molecule has 0 saturated carbocycles. The quantitative estimate of drug-likeness (QED) is 0.550. The lowest BCUT2D eigenvalue weighted by atomic mass is 10.1. The summed E-state index contributed by atoms with van der Waals surface area (Å²) in [5.41, 5.74) is 1.59. The van der Waals surface area contributed by atoms with Crippen molar-refractivity contribution in [3.63, 3.8) is 0 Å². The third-order valence-corrected chi connectivity index (χ3v) is 4.65. The second-order valence-electron chi connectivity index (χ2n) is 5.44. The zero-order valence-corrected chi connectivity index (χ0v) is 14.4. The molecule has 0 bridgehead atoms. The van der Waals surface area contributed by atoms with Gasteiger partial charge < -0.3 is 5.32 Å². The molecule has 0 aliphatic carbocycles. The Kier molecular flexibility index (Phi) is 4.57. The number of nitrogens with one attached hydrogen (secondary N) is 1. The number of tetrazole rings is 1. The molecule has 0 spiro atoms. The molecular weight excluding hydrogens is 348 g/mol. The number of nitrogens with zero attached hydrogens (tertiary/aromatic N) is 5. The molecule has 0 radical (unpaired) electrons. The van der Waals surface area contributed by atoms with E-state index < -0.39 is 0 Å². The topological polar surface area (TPSA) is 85.6 Å². The first-order chi connectivity index (χ1) is 12.8. The number of benzene rings is 2. The molecule has 2 aromatic heterocycles. The number of rotatable bonds is 5. The summed E-state index contributed by atoms with van der Waals surface area (Å²) in [7, 11) is 0. The van der Waals surface area contributed by atoms with Gasteiger partial charge in [0.05, 0.1) is 11.4 Å². The summed E-state index contributed by atoms with van der Waals surface area (Å²) in [6.45, 7) is 0. The molecule has 26 heavy (non-hydrogen) atoms. The molecule has 2 aromatic carbocycles. The van der Waals surface area contributed by atoms with Crippen LogP contribution in [0.4, 0.5) is 5.69 Å². The van der Waals surface area contributed by atoms with Gasteiger partial charge in [-0.1, -0.05) is 48.2 Å². The third-order valence-electron chi connectivity index (χ3n) is 3.73. The van der Waals surface area contributed by atoms with Crippen molar-refractivity contribution in [2.45, 2.75) is 5.16 Å². The van der Waals surface area contributed by atoms with E-state index in [1.807, 2.05) is 42.5 Å². The number of hydrogen-bond donors (Lipinski definition) is 1. The summed E-state index contributed by atoms with van der Waals surface area (Å²) in [5, 5.41) is 17.4. The molecule has 128 valence electrons. The van der Waals surface area contributed by atoms with E-state index in [4.69, 9.17) is 0 Å². The summed E-state index contributed by atoms with van der Waals surface area (Å²) in [6, 6.07) is 17.5. The fourth-order valence-electron chi connectivity index (χ4n) is 2.58. The Balaban J connectivity index is 1.53. The molecule has 0 fully saturated rings. The normalized spacial score (nSPS) is 10.8. The van der Waals surface area contributed by atoms with Crippen LogP contribution in [0.1, 0.15) is 0 Å². The van der Waals surface area contributed by atoms with Gasteiger partial charge in [-0.2, -0.15) is 4.68 Å². The predicted octanol–water partition coefficient (Wildman–Crippen LogP) is 2.94. The average Bonchev–Trinajstić information content (AvgIpc) is 3.15. The monoisotopic (exact) mass is 362 g/mol. The van der Waals surface area contributed by atoms with Crippen LogP contribution in [0.5, 0.6) is 0 Å². The van der Waals surface area contributed by atoms with E-state index in [1.165, 1.54) is 11.8 Å².